The van der Waals surface area contributed by atoms with Crippen molar-refractivity contribution in [3.8, 4) is 0 Å². The van der Waals surface area contributed by atoms with Gasteiger partial charge >= 0.3 is 5.97 Å². The SMILES string of the molecule is COC(=O)c1cn(CC(O)c2ccccc2)nn1. The Hall–Kier alpha value is -2.21. The quantitative estimate of drug-likeness (QED) is 0.808. The summed E-state index contributed by atoms with van der Waals surface area (Å²) in [6.07, 6.45) is 0.747. The van der Waals surface area contributed by atoms with E-state index in [4.69, 9.17) is 0 Å². The number of aliphatic hydroxyl groups excluding tert-OH is 1. The lowest BCUT2D eigenvalue weighted by molar-refractivity contribution is 0.0593. The number of ether oxygens (including phenoxy) is 1. The molecule has 0 fully saturated rings. The number of benzene rings is 1. The van der Waals surface area contributed by atoms with Crippen LogP contribution in [0.15, 0.2) is 36.5 Å². The molecule has 1 atom stereocenters. The second kappa shape index (κ2) is 5.42. The highest BCUT2D eigenvalue weighted by molar-refractivity contribution is 5.86. The number of hydrogen-bond donors (Lipinski definition) is 1. The molecule has 0 aliphatic carbocycles. The maximum absolute atomic E-state index is 11.2. The minimum absolute atomic E-state index is 0.123. The zero-order valence-corrected chi connectivity index (χ0v) is 9.85. The molecule has 1 N–H and O–H groups in total. The number of aliphatic hydroxyl groups is 1. The predicted molar refractivity (Wildman–Crippen MR) is 62.8 cm³/mol. The fourth-order valence-electron chi connectivity index (χ4n) is 1.54. The van der Waals surface area contributed by atoms with E-state index in [0.717, 1.165) is 5.56 Å². The Morgan fingerprint density at radius 2 is 2.17 bits per heavy atom. The van der Waals surface area contributed by atoms with Gasteiger partial charge in [-0.05, 0) is 5.56 Å². The van der Waals surface area contributed by atoms with Crippen molar-refractivity contribution in [3.63, 3.8) is 0 Å². The predicted octanol–water partition coefficient (Wildman–Crippen LogP) is 0.798. The van der Waals surface area contributed by atoms with Crippen LogP contribution in [0.5, 0.6) is 0 Å². The first-order chi connectivity index (χ1) is 8.70. The first-order valence-electron chi connectivity index (χ1n) is 5.42. The van der Waals surface area contributed by atoms with Crippen molar-refractivity contribution in [2.45, 2.75) is 12.6 Å². The summed E-state index contributed by atoms with van der Waals surface area (Å²) in [5.41, 5.74) is 0.908. The molecule has 0 bridgehead atoms. The summed E-state index contributed by atoms with van der Waals surface area (Å²) >= 11 is 0. The molecular weight excluding hydrogens is 234 g/mol. The summed E-state index contributed by atoms with van der Waals surface area (Å²) < 4.78 is 5.93. The van der Waals surface area contributed by atoms with Gasteiger partial charge in [-0.3, -0.25) is 0 Å². The zero-order chi connectivity index (χ0) is 13.0. The van der Waals surface area contributed by atoms with E-state index < -0.39 is 12.1 Å². The maximum Gasteiger partial charge on any atom is 0.360 e. The monoisotopic (exact) mass is 247 g/mol. The normalized spacial score (nSPS) is 12.1. The summed E-state index contributed by atoms with van der Waals surface area (Å²) in [4.78, 5) is 11.2. The minimum atomic E-state index is -0.696. The van der Waals surface area contributed by atoms with E-state index in [1.165, 1.54) is 18.0 Å². The van der Waals surface area contributed by atoms with Gasteiger partial charge in [0.1, 0.15) is 0 Å². The molecule has 0 aliphatic heterocycles. The van der Waals surface area contributed by atoms with Crippen LogP contribution >= 0.6 is 0 Å². The largest absolute Gasteiger partial charge is 0.464 e. The molecule has 0 amide bonds. The highest BCUT2D eigenvalue weighted by Crippen LogP contribution is 2.13. The number of nitrogens with zero attached hydrogens (tertiary/aromatic N) is 3. The van der Waals surface area contributed by atoms with Crippen molar-refractivity contribution in [2.24, 2.45) is 0 Å². The number of aromatic nitrogens is 3. The molecule has 0 spiro atoms. The molecule has 0 aliphatic rings. The molecule has 2 aromatic rings. The Balaban J connectivity index is 2.06. The lowest BCUT2D eigenvalue weighted by atomic mass is 10.1. The lowest BCUT2D eigenvalue weighted by Crippen LogP contribution is -2.09. The third-order valence-corrected chi connectivity index (χ3v) is 2.48. The van der Waals surface area contributed by atoms with E-state index in [1.54, 1.807) is 0 Å². The van der Waals surface area contributed by atoms with Crippen molar-refractivity contribution in [1.29, 1.82) is 0 Å². The second-order valence-corrected chi connectivity index (χ2v) is 3.74. The lowest BCUT2D eigenvalue weighted by Gasteiger charge is -2.09. The Morgan fingerprint density at radius 3 is 2.83 bits per heavy atom. The standard InChI is InChI=1S/C12H13N3O3/c1-18-12(17)10-7-15(14-13-10)8-11(16)9-5-3-2-4-6-9/h2-7,11,16H,8H2,1H3. The van der Waals surface area contributed by atoms with Crippen LogP contribution in [0.4, 0.5) is 0 Å². The van der Waals surface area contributed by atoms with Crippen LogP contribution in [-0.2, 0) is 11.3 Å². The van der Waals surface area contributed by atoms with Gasteiger partial charge in [-0.15, -0.1) is 5.10 Å². The van der Waals surface area contributed by atoms with Crippen LogP contribution in [0.3, 0.4) is 0 Å². The van der Waals surface area contributed by atoms with Gasteiger partial charge in [0, 0.05) is 0 Å². The van der Waals surface area contributed by atoms with Crippen molar-refractivity contribution in [2.75, 3.05) is 7.11 Å². The molecule has 0 radical (unpaired) electrons. The molecule has 1 aromatic carbocycles. The van der Waals surface area contributed by atoms with Crippen LogP contribution in [0.2, 0.25) is 0 Å². The molecule has 0 saturated carbocycles. The molecule has 18 heavy (non-hydrogen) atoms. The third-order valence-electron chi connectivity index (χ3n) is 2.48. The number of rotatable bonds is 4. The van der Waals surface area contributed by atoms with Crippen molar-refractivity contribution in [1.82, 2.24) is 15.0 Å². The Labute approximate surface area is 104 Å². The number of methoxy groups -OCH3 is 1. The first kappa shape index (κ1) is 12.3. The molecule has 6 heteroatoms. The Bertz CT molecular complexity index is 524. The number of hydrogen-bond acceptors (Lipinski definition) is 5. The van der Waals surface area contributed by atoms with Gasteiger partial charge in [-0.25, -0.2) is 9.48 Å². The van der Waals surface area contributed by atoms with E-state index in [2.05, 4.69) is 15.0 Å². The van der Waals surface area contributed by atoms with Gasteiger partial charge in [-0.2, -0.15) is 0 Å². The van der Waals surface area contributed by atoms with Crippen molar-refractivity contribution in [3.05, 3.63) is 47.8 Å². The highest BCUT2D eigenvalue weighted by Gasteiger charge is 2.13. The smallest absolute Gasteiger partial charge is 0.360 e. The van der Waals surface area contributed by atoms with Gasteiger partial charge < -0.3 is 9.84 Å². The molecule has 2 rings (SSSR count). The summed E-state index contributed by atoms with van der Waals surface area (Å²) in [7, 11) is 1.28. The summed E-state index contributed by atoms with van der Waals surface area (Å²) in [5.74, 6) is -0.546. The summed E-state index contributed by atoms with van der Waals surface area (Å²) in [6, 6.07) is 9.21. The van der Waals surface area contributed by atoms with Gasteiger partial charge in [-0.1, -0.05) is 35.5 Å². The molecule has 1 aromatic heterocycles. The highest BCUT2D eigenvalue weighted by atomic mass is 16.5. The second-order valence-electron chi connectivity index (χ2n) is 3.74. The van der Waals surface area contributed by atoms with E-state index in [0.29, 0.717) is 0 Å². The van der Waals surface area contributed by atoms with Crippen molar-refractivity contribution >= 4 is 5.97 Å². The molecule has 6 nitrogen and oxygen atoms in total. The topological polar surface area (TPSA) is 77.2 Å². The van der Waals surface area contributed by atoms with Gasteiger partial charge in [0.25, 0.3) is 0 Å². The fourth-order valence-corrected chi connectivity index (χ4v) is 1.54. The Kier molecular flexibility index (Phi) is 3.69. The van der Waals surface area contributed by atoms with Gasteiger partial charge in [0.05, 0.1) is 26.0 Å². The van der Waals surface area contributed by atoms with E-state index in [1.807, 2.05) is 30.3 Å². The van der Waals surface area contributed by atoms with Gasteiger partial charge in [0.15, 0.2) is 5.69 Å². The molecule has 1 unspecified atom stereocenters. The molecule has 94 valence electrons. The van der Waals surface area contributed by atoms with E-state index in [-0.39, 0.29) is 12.2 Å². The van der Waals surface area contributed by atoms with Crippen LogP contribution in [0.25, 0.3) is 0 Å². The molecule has 1 heterocycles. The summed E-state index contributed by atoms with van der Waals surface area (Å²) in [5, 5.41) is 17.4. The average molecular weight is 247 g/mol. The minimum Gasteiger partial charge on any atom is -0.464 e. The molecular formula is C12H13N3O3. The molecule has 0 saturated heterocycles. The van der Waals surface area contributed by atoms with Gasteiger partial charge in [0.2, 0.25) is 0 Å². The number of carbonyl (C=O) groups excluding carboxylic acids is 1. The van der Waals surface area contributed by atoms with Crippen LogP contribution < -0.4 is 0 Å². The van der Waals surface area contributed by atoms with E-state index in [9.17, 15) is 9.90 Å². The van der Waals surface area contributed by atoms with E-state index >= 15 is 0 Å². The third kappa shape index (κ3) is 2.72. The first-order valence-corrected chi connectivity index (χ1v) is 5.42. The number of esters is 1. The Morgan fingerprint density at radius 1 is 1.44 bits per heavy atom. The van der Waals surface area contributed by atoms with Crippen LogP contribution in [0.1, 0.15) is 22.2 Å². The van der Waals surface area contributed by atoms with Crippen LogP contribution in [-0.4, -0.2) is 33.2 Å². The number of carbonyl (C=O) groups is 1. The van der Waals surface area contributed by atoms with Crippen LogP contribution in [0, 0.1) is 0 Å². The fraction of sp³-hybridized carbons (Fsp3) is 0.250. The maximum atomic E-state index is 11.2. The van der Waals surface area contributed by atoms with Crippen molar-refractivity contribution < 1.29 is 14.6 Å². The zero-order valence-electron chi connectivity index (χ0n) is 9.85. The summed E-state index contributed by atoms with van der Waals surface area (Å²) in [6.45, 7) is 0.230. The average Bonchev–Trinajstić information content (AvgIpc) is 2.87.